The number of allylic oxidation sites excluding steroid dienone is 6. The lowest BCUT2D eigenvalue weighted by Crippen LogP contribution is -2.25. The van der Waals surface area contributed by atoms with Gasteiger partial charge in [-0.1, -0.05) is 63.8 Å². The van der Waals surface area contributed by atoms with Gasteiger partial charge in [-0.05, 0) is 87.5 Å². The topological polar surface area (TPSA) is 12.9 Å². The molecule has 2 rings (SSSR count). The van der Waals surface area contributed by atoms with Gasteiger partial charge in [0.25, 0.3) is 0 Å². The highest BCUT2D eigenvalue weighted by Crippen LogP contribution is 2.48. The molecule has 1 aromatic rings. The van der Waals surface area contributed by atoms with Crippen LogP contribution >= 0.6 is 0 Å². The molecule has 1 aliphatic carbocycles. The highest BCUT2D eigenvalue weighted by Gasteiger charge is 2.33. The summed E-state index contributed by atoms with van der Waals surface area (Å²) in [6, 6.07) is 2.30. The normalized spacial score (nSPS) is 24.1. The monoisotopic (exact) mass is 379 g/mol. The van der Waals surface area contributed by atoms with E-state index in [0.717, 1.165) is 5.69 Å². The summed E-state index contributed by atoms with van der Waals surface area (Å²) < 4.78 is 0. The van der Waals surface area contributed by atoms with Crippen molar-refractivity contribution in [2.75, 3.05) is 0 Å². The van der Waals surface area contributed by atoms with Crippen LogP contribution in [0.5, 0.6) is 0 Å². The van der Waals surface area contributed by atoms with Crippen LogP contribution in [0.2, 0.25) is 0 Å². The molecule has 1 aromatic heterocycles. The Balaban J connectivity index is 2.37. The van der Waals surface area contributed by atoms with Gasteiger partial charge < -0.3 is 0 Å². The van der Waals surface area contributed by atoms with Crippen molar-refractivity contribution in [2.45, 2.75) is 98.8 Å². The summed E-state index contributed by atoms with van der Waals surface area (Å²) in [7, 11) is 0. The van der Waals surface area contributed by atoms with E-state index in [4.69, 9.17) is 0 Å². The minimum Gasteiger partial charge on any atom is -0.261 e. The lowest BCUT2D eigenvalue weighted by molar-refractivity contribution is 0.173. The molecular formula is C27H41N. The number of unbranched alkanes of at least 4 members (excludes halogenated alkanes) is 2. The predicted molar refractivity (Wildman–Crippen MR) is 125 cm³/mol. The Morgan fingerprint density at radius 2 is 2.07 bits per heavy atom. The predicted octanol–water partition coefficient (Wildman–Crippen LogP) is 8.56. The third-order valence-corrected chi connectivity index (χ3v) is 6.59. The van der Waals surface area contributed by atoms with Crippen LogP contribution in [-0.2, 0) is 0 Å². The maximum atomic E-state index is 4.68. The van der Waals surface area contributed by atoms with Crippen LogP contribution in [0.15, 0.2) is 42.1 Å². The van der Waals surface area contributed by atoms with E-state index in [1.54, 1.807) is 0 Å². The summed E-state index contributed by atoms with van der Waals surface area (Å²) in [6.07, 6.45) is 21.6. The Morgan fingerprint density at radius 1 is 1.29 bits per heavy atom. The summed E-state index contributed by atoms with van der Waals surface area (Å²) in [5.74, 6) is 0.654. The first-order chi connectivity index (χ1) is 13.5. The van der Waals surface area contributed by atoms with Crippen LogP contribution in [0.1, 0.15) is 109 Å². The second-order valence-electron chi connectivity index (χ2n) is 9.00. The van der Waals surface area contributed by atoms with Crippen LogP contribution in [0.4, 0.5) is 0 Å². The average molecular weight is 380 g/mol. The van der Waals surface area contributed by atoms with Gasteiger partial charge in [0, 0.05) is 17.5 Å². The molecular weight excluding hydrogens is 338 g/mol. The van der Waals surface area contributed by atoms with Crippen molar-refractivity contribution in [3.63, 3.8) is 0 Å². The van der Waals surface area contributed by atoms with E-state index < -0.39 is 0 Å². The molecule has 0 bridgehead atoms. The number of pyridine rings is 1. The average Bonchev–Trinajstić information content (AvgIpc) is 2.68. The van der Waals surface area contributed by atoms with E-state index in [9.17, 15) is 0 Å². The van der Waals surface area contributed by atoms with Crippen LogP contribution < -0.4 is 0 Å². The fraction of sp³-hybridized carbons (Fsp3) is 0.593. The Labute approximate surface area is 174 Å². The summed E-state index contributed by atoms with van der Waals surface area (Å²) in [6.45, 7) is 13.5. The van der Waals surface area contributed by atoms with E-state index in [1.165, 1.54) is 73.6 Å². The lowest BCUT2D eigenvalue weighted by atomic mass is 9.66. The standard InChI is InChI=1S/C27H41N/c1-7-10-12-17-27(6)18-13-15-23(20-27)25-16-19-28-22(5)26(25)24(9-3)21(4)14-11-8-2/h8-9,11,14,16,19,23H,7,10,12-13,15,17-18,20H2,1-6H3/b11-8-,21-14+,24-9-/t23?,27-/m1/s1. The van der Waals surface area contributed by atoms with Gasteiger partial charge in [0.15, 0.2) is 0 Å². The minimum atomic E-state index is 0.498. The highest BCUT2D eigenvalue weighted by atomic mass is 14.7. The van der Waals surface area contributed by atoms with E-state index >= 15 is 0 Å². The summed E-state index contributed by atoms with van der Waals surface area (Å²) in [5, 5.41) is 0. The van der Waals surface area contributed by atoms with Crippen LogP contribution in [-0.4, -0.2) is 4.98 Å². The van der Waals surface area contributed by atoms with Crippen LogP contribution in [0, 0.1) is 12.3 Å². The van der Waals surface area contributed by atoms with Crippen molar-refractivity contribution in [3.05, 3.63) is 59.0 Å². The van der Waals surface area contributed by atoms with E-state index in [1.807, 2.05) is 6.20 Å². The molecule has 1 nitrogen and oxygen atoms in total. The van der Waals surface area contributed by atoms with Gasteiger partial charge in [0.05, 0.1) is 0 Å². The van der Waals surface area contributed by atoms with Gasteiger partial charge in [-0.3, -0.25) is 4.98 Å². The van der Waals surface area contributed by atoms with Gasteiger partial charge >= 0.3 is 0 Å². The number of hydrogen-bond donors (Lipinski definition) is 0. The fourth-order valence-electron chi connectivity index (χ4n) is 5.04. The number of rotatable bonds is 8. The summed E-state index contributed by atoms with van der Waals surface area (Å²) >= 11 is 0. The molecule has 0 N–H and O–H groups in total. The molecule has 154 valence electrons. The fourth-order valence-corrected chi connectivity index (χ4v) is 5.04. The van der Waals surface area contributed by atoms with Crippen molar-refractivity contribution in [1.29, 1.82) is 0 Å². The molecule has 0 spiro atoms. The van der Waals surface area contributed by atoms with Crippen LogP contribution in [0.25, 0.3) is 5.57 Å². The maximum Gasteiger partial charge on any atom is 0.0453 e. The highest BCUT2D eigenvalue weighted by molar-refractivity contribution is 5.81. The first kappa shape index (κ1) is 22.7. The Hall–Kier alpha value is -1.63. The molecule has 1 aliphatic rings. The third kappa shape index (κ3) is 5.69. The summed E-state index contributed by atoms with van der Waals surface area (Å²) in [5.41, 5.74) is 7.23. The van der Waals surface area contributed by atoms with Crippen molar-refractivity contribution < 1.29 is 0 Å². The molecule has 0 aromatic carbocycles. The molecule has 0 amide bonds. The Kier molecular flexibility index (Phi) is 8.73. The molecule has 0 radical (unpaired) electrons. The summed E-state index contributed by atoms with van der Waals surface area (Å²) in [4.78, 5) is 4.68. The van der Waals surface area contributed by atoms with E-state index in [2.05, 4.69) is 76.9 Å². The maximum absolute atomic E-state index is 4.68. The number of aryl methyl sites for hydroxylation is 1. The van der Waals surface area contributed by atoms with E-state index in [0.29, 0.717) is 11.3 Å². The third-order valence-electron chi connectivity index (χ3n) is 6.59. The van der Waals surface area contributed by atoms with Gasteiger partial charge in [-0.25, -0.2) is 0 Å². The lowest BCUT2D eigenvalue weighted by Gasteiger charge is -2.39. The van der Waals surface area contributed by atoms with Crippen molar-refractivity contribution in [3.8, 4) is 0 Å². The van der Waals surface area contributed by atoms with Gasteiger partial charge in [-0.15, -0.1) is 0 Å². The van der Waals surface area contributed by atoms with Gasteiger partial charge in [0.2, 0.25) is 0 Å². The van der Waals surface area contributed by atoms with Gasteiger partial charge in [-0.2, -0.15) is 0 Å². The number of nitrogens with zero attached hydrogens (tertiary/aromatic N) is 1. The number of hydrogen-bond acceptors (Lipinski definition) is 1. The zero-order valence-electron chi connectivity index (χ0n) is 19.1. The van der Waals surface area contributed by atoms with E-state index in [-0.39, 0.29) is 0 Å². The smallest absolute Gasteiger partial charge is 0.0453 e. The van der Waals surface area contributed by atoms with Crippen molar-refractivity contribution in [2.24, 2.45) is 5.41 Å². The molecule has 1 heterocycles. The Bertz CT molecular complexity index is 722. The van der Waals surface area contributed by atoms with Crippen LogP contribution in [0.3, 0.4) is 0 Å². The second kappa shape index (κ2) is 10.8. The Morgan fingerprint density at radius 3 is 2.75 bits per heavy atom. The zero-order chi connectivity index (χ0) is 20.6. The molecule has 2 atom stereocenters. The molecule has 0 saturated heterocycles. The number of aromatic nitrogens is 1. The second-order valence-corrected chi connectivity index (χ2v) is 9.00. The SMILES string of the molecule is C\C=C/C=C(C)/C(=C/C)c1c(C2CCC[C@@](C)(CCCCC)C2)ccnc1C. The molecule has 28 heavy (non-hydrogen) atoms. The largest absolute Gasteiger partial charge is 0.261 e. The molecule has 1 unspecified atom stereocenters. The molecule has 0 aliphatic heterocycles. The zero-order valence-corrected chi connectivity index (χ0v) is 19.1. The first-order valence-corrected chi connectivity index (χ1v) is 11.4. The van der Waals surface area contributed by atoms with Gasteiger partial charge in [0.1, 0.15) is 0 Å². The first-order valence-electron chi connectivity index (χ1n) is 11.4. The van der Waals surface area contributed by atoms with Crippen molar-refractivity contribution >= 4 is 5.57 Å². The quantitative estimate of drug-likeness (QED) is 0.325. The molecule has 1 saturated carbocycles. The molecule has 1 heteroatoms. The van der Waals surface area contributed by atoms with Crippen molar-refractivity contribution in [1.82, 2.24) is 4.98 Å². The minimum absolute atomic E-state index is 0.498. The molecule has 1 fully saturated rings.